The van der Waals surface area contributed by atoms with Gasteiger partial charge in [-0.1, -0.05) is 174 Å². The van der Waals surface area contributed by atoms with Gasteiger partial charge in [0.1, 0.15) is 40.9 Å². The van der Waals surface area contributed by atoms with Crippen LogP contribution in [-0.4, -0.2) is 146 Å². The third-order valence-electron chi connectivity index (χ3n) is 15.9. The van der Waals surface area contributed by atoms with Crippen LogP contribution in [0.4, 0.5) is 20.1 Å². The van der Waals surface area contributed by atoms with E-state index in [0.717, 1.165) is 50.0 Å². The number of carbonyl (C=O) groups excluding carboxylic acids is 3. The number of non-ortho nitro benzene ring substituents is 1. The zero-order chi connectivity index (χ0) is 69.9. The van der Waals surface area contributed by atoms with E-state index >= 15 is 0 Å². The Labute approximate surface area is 647 Å². The van der Waals surface area contributed by atoms with Crippen molar-refractivity contribution >= 4 is 138 Å². The van der Waals surface area contributed by atoms with Gasteiger partial charge in [-0.05, 0) is 97.3 Å². The molecule has 7 aromatic rings. The van der Waals surface area contributed by atoms with Crippen molar-refractivity contribution in [1.82, 2.24) is 15.1 Å². The van der Waals surface area contributed by atoms with Crippen molar-refractivity contribution < 1.29 is 81.0 Å². The monoisotopic (exact) mass is 2070 g/mol. The maximum absolute atomic E-state index is 12.2. The van der Waals surface area contributed by atoms with Gasteiger partial charge in [-0.15, -0.1) is 24.0 Å². The molecule has 6 atom stereocenters. The normalized spacial score (nSPS) is 17.4. The number of aliphatic hydroxyl groups is 3. The molecule has 4 N–H and O–H groups in total. The first-order chi connectivity index (χ1) is 46.3. The maximum atomic E-state index is 12.2. The van der Waals surface area contributed by atoms with Gasteiger partial charge in [0, 0.05) is 99.3 Å². The van der Waals surface area contributed by atoms with Gasteiger partial charge < -0.3 is 63.6 Å². The topological polar surface area (TPSA) is 238 Å². The van der Waals surface area contributed by atoms with Crippen LogP contribution in [0.5, 0.6) is 5.75 Å². The Bertz CT molecular complexity index is 3300. The number of rotatable bonds is 17. The Morgan fingerprint density at radius 3 is 1.30 bits per heavy atom. The predicted octanol–water partition coefficient (Wildman–Crippen LogP) is 12.7. The molecule has 0 bridgehead atoms. The fourth-order valence-electron chi connectivity index (χ4n) is 10.9. The summed E-state index contributed by atoms with van der Waals surface area (Å²) >= 11 is 13.1. The van der Waals surface area contributed by atoms with Crippen molar-refractivity contribution in [3.05, 3.63) is 247 Å². The summed E-state index contributed by atoms with van der Waals surface area (Å²) in [5.41, 5.74) is 4.32. The summed E-state index contributed by atoms with van der Waals surface area (Å²) in [5, 5.41) is 48.8. The van der Waals surface area contributed by atoms with Gasteiger partial charge in [-0.25, -0.2) is 14.4 Å². The Kier molecular flexibility index (Phi) is 40.7. The molecule has 3 aliphatic rings. The molecule has 528 valence electrons. The summed E-state index contributed by atoms with van der Waals surface area (Å²) in [5.74, 6) is 0.207. The van der Waals surface area contributed by atoms with E-state index in [1.165, 1.54) is 29.8 Å². The van der Waals surface area contributed by atoms with Crippen molar-refractivity contribution in [2.24, 2.45) is 0 Å². The van der Waals surface area contributed by atoms with Gasteiger partial charge >= 0.3 is 68.8 Å². The Morgan fingerprint density at radius 1 is 0.567 bits per heavy atom. The summed E-state index contributed by atoms with van der Waals surface area (Å²) in [7, 11) is 0. The average Bonchev–Trinajstić information content (AvgIpc) is 0.798. The molecule has 0 saturated carbocycles. The molecule has 0 aliphatic carbocycles. The molecule has 10 rings (SSSR count). The quantitative estimate of drug-likeness (QED) is 0.0166. The minimum atomic E-state index is -1.28. The van der Waals surface area contributed by atoms with Crippen molar-refractivity contribution in [2.45, 2.75) is 89.0 Å². The fraction of sp³-hybridized carbons (Fsp3) is 0.366. The third-order valence-corrected chi connectivity index (χ3v) is 16.7. The molecule has 3 saturated heterocycles. The standard InChI is InChI=1S/C22H27NO4.C21H24BrNO4.C19H23NO2.C9H9NO5.I3.I2.HI/c1-3-26-21(24)23-13-14-27-20(16-23)22(25,19-11-5-4-6-12-19)15-18-10-8-7-9-17(18)2;1-2-26-20(24)23-12-13-27-19(15-23)21(25,17-9-4-3-5-10-17)14-16-8-6-7-11-18(16)22;1-15-7-5-6-8-16(15)13-19(21,17-9-3-2-4-10-17)18-14-20-11-12-22-18;1-2-14-9(11)15-8-5-3-7(4-6-8)10(12)13;1-3-2;1-2;/h4-12,20,25H,3,13-16H2,1-2H3;3-11,19,25H,2,12-15H2,1H3;2-10,18,20-21H,11-14H2,1H3;3-6H,2H2,1H3;;;1H/q;;;;-1;;/t20-,22+;19-,21+;18-,19+;;;;/m000..../s1. The molecular weight excluding hydrogens is 1990 g/mol. The fourth-order valence-corrected chi connectivity index (χ4v) is 11.3. The second-order valence-electron chi connectivity index (χ2n) is 22.0. The Hall–Kier alpha value is -3.67. The zero-order valence-electron chi connectivity index (χ0n) is 54.5. The number of nitro benzene ring substituents is 1. The number of morpholine rings is 3. The molecule has 0 spiro atoms. The van der Waals surface area contributed by atoms with Crippen LogP contribution >= 0.6 is 114 Å². The molecule has 97 heavy (non-hydrogen) atoms. The van der Waals surface area contributed by atoms with Crippen LogP contribution < -0.4 is 23.3 Å². The van der Waals surface area contributed by atoms with E-state index < -0.39 is 40.1 Å². The van der Waals surface area contributed by atoms with Crippen molar-refractivity contribution in [1.29, 1.82) is 0 Å². The summed E-state index contributed by atoms with van der Waals surface area (Å²) in [6.45, 7) is 14.5. The van der Waals surface area contributed by atoms with Gasteiger partial charge in [-0.3, -0.25) is 10.1 Å². The van der Waals surface area contributed by atoms with E-state index in [1.54, 1.807) is 30.6 Å². The van der Waals surface area contributed by atoms with Crippen LogP contribution in [0.2, 0.25) is 0 Å². The van der Waals surface area contributed by atoms with Crippen LogP contribution in [0.15, 0.2) is 193 Å². The molecule has 19 nitrogen and oxygen atoms in total. The number of nitrogens with zero attached hydrogens (tertiary/aromatic N) is 3. The number of amides is 2. The molecule has 0 radical (unpaired) electrons. The second-order valence-corrected chi connectivity index (χ2v) is 39.1. The van der Waals surface area contributed by atoms with E-state index in [0.29, 0.717) is 85.2 Å². The van der Waals surface area contributed by atoms with E-state index in [4.69, 9.17) is 28.4 Å². The number of hydrogen-bond acceptors (Lipinski definition) is 16. The molecule has 3 aliphatic heterocycles. The molecule has 0 unspecified atom stereocenters. The minimum absolute atomic E-state index is 0. The van der Waals surface area contributed by atoms with Crippen molar-refractivity contribution in [3.63, 3.8) is 0 Å². The van der Waals surface area contributed by atoms with Gasteiger partial charge in [0.05, 0.1) is 57.7 Å². The number of ether oxygens (including phenoxy) is 7. The zero-order valence-corrected chi connectivity index (χ0v) is 69.2. The molecule has 7 aromatic carbocycles. The van der Waals surface area contributed by atoms with Crippen molar-refractivity contribution in [2.75, 3.05) is 78.9 Å². The van der Waals surface area contributed by atoms with Crippen LogP contribution in [0.25, 0.3) is 0 Å². The molecule has 3 heterocycles. The van der Waals surface area contributed by atoms with Gasteiger partial charge in [-0.2, -0.15) is 0 Å². The van der Waals surface area contributed by atoms with Crippen LogP contribution in [0, 0.1) is 24.0 Å². The summed E-state index contributed by atoms with van der Waals surface area (Å²) in [4.78, 5) is 48.2. The first-order valence-electron chi connectivity index (χ1n) is 31.0. The number of carbonyl (C=O) groups is 3. The van der Waals surface area contributed by atoms with Crippen LogP contribution in [0.1, 0.15) is 65.3 Å². The van der Waals surface area contributed by atoms with E-state index in [-0.39, 0.29) is 73.4 Å². The first kappa shape index (κ1) is 85.7. The van der Waals surface area contributed by atoms with E-state index in [2.05, 4.69) is 120 Å². The summed E-state index contributed by atoms with van der Waals surface area (Å²) < 4.78 is 38.2. The van der Waals surface area contributed by atoms with Crippen LogP contribution in [0.3, 0.4) is 0 Å². The predicted molar refractivity (Wildman–Crippen MR) is 420 cm³/mol. The summed E-state index contributed by atoms with van der Waals surface area (Å²) in [6.07, 6.45) is -1.60. The number of halogens is 7. The van der Waals surface area contributed by atoms with Crippen molar-refractivity contribution in [3.8, 4) is 5.75 Å². The molecule has 26 heteroatoms. The Morgan fingerprint density at radius 2 is 0.928 bits per heavy atom. The Balaban J connectivity index is 0.000000273. The second kappa shape index (κ2) is 46.0. The first-order valence-corrected chi connectivity index (χ1v) is 50.6. The number of aryl methyl sites for hydroxylation is 2. The van der Waals surface area contributed by atoms with Gasteiger partial charge in [0.2, 0.25) is 0 Å². The molecule has 3 fully saturated rings. The summed E-state index contributed by atoms with van der Waals surface area (Å²) in [6, 6.07) is 58.1. The molecule has 0 aromatic heterocycles. The number of benzene rings is 7. The number of hydrogen-bond donors (Lipinski definition) is 4. The van der Waals surface area contributed by atoms with Gasteiger partial charge in [0.25, 0.3) is 5.69 Å². The van der Waals surface area contributed by atoms with Crippen LogP contribution in [-0.2, 0) is 64.5 Å². The van der Waals surface area contributed by atoms with E-state index in [1.807, 2.05) is 159 Å². The molecule has 2 amide bonds. The molecular formula is C71H84BrI6N4O15-. The number of nitro groups is 1. The third kappa shape index (κ3) is 26.9. The van der Waals surface area contributed by atoms with E-state index in [9.17, 15) is 39.8 Å². The number of nitrogens with one attached hydrogen (secondary N) is 1. The SMILES string of the molecule is CCOC(=O)N1CCO[C@H]([C@@](O)(Cc2ccccc2Br)c2ccccc2)C1.CCOC(=O)N1CCO[C@H]([C@@](O)(Cc2ccccc2C)c2ccccc2)C1.CCOC(=O)Oc1ccc([N+](=O)[O-])cc1.Cc1ccccc1C[C@@](O)(c1ccccc1)[C@@H]1CNCCO1.I.II.I[I-]I. The van der Waals surface area contributed by atoms with Gasteiger partial charge in [0.15, 0.2) is 0 Å². The average molecular weight is 2070 g/mol.